The molecule has 0 unspecified atom stereocenters. The van der Waals surface area contributed by atoms with Crippen molar-refractivity contribution in [3.05, 3.63) is 53.0 Å². The highest BCUT2D eigenvalue weighted by molar-refractivity contribution is 7.99. The Morgan fingerprint density at radius 2 is 2.17 bits per heavy atom. The van der Waals surface area contributed by atoms with Crippen LogP contribution in [0.1, 0.15) is 18.1 Å². The van der Waals surface area contributed by atoms with Gasteiger partial charge in [-0.05, 0) is 32.4 Å². The van der Waals surface area contributed by atoms with Crippen molar-refractivity contribution in [1.82, 2.24) is 9.55 Å². The van der Waals surface area contributed by atoms with Gasteiger partial charge in [-0.15, -0.1) is 0 Å². The number of allylic oxidation sites excluding steroid dienone is 2. The van der Waals surface area contributed by atoms with E-state index < -0.39 is 0 Å². The molecule has 0 aliphatic heterocycles. The summed E-state index contributed by atoms with van der Waals surface area (Å²) in [6.07, 6.45) is 3.56. The van der Waals surface area contributed by atoms with Gasteiger partial charge in [0.1, 0.15) is 11.6 Å². The second-order valence-electron chi connectivity index (χ2n) is 5.25. The molecule has 0 saturated heterocycles. The summed E-state index contributed by atoms with van der Waals surface area (Å²) in [4.78, 5) is 16.4. The molecule has 2 N–H and O–H groups in total. The van der Waals surface area contributed by atoms with Crippen molar-refractivity contribution in [2.24, 2.45) is 5.73 Å². The van der Waals surface area contributed by atoms with Crippen LogP contribution in [0.3, 0.4) is 0 Å². The number of nitriles is 1. The van der Waals surface area contributed by atoms with Crippen LogP contribution >= 0.6 is 11.8 Å². The van der Waals surface area contributed by atoms with Crippen molar-refractivity contribution in [2.75, 3.05) is 5.75 Å². The number of carbonyl (C=O) groups is 1. The van der Waals surface area contributed by atoms with Crippen LogP contribution in [0.2, 0.25) is 0 Å². The maximum absolute atomic E-state index is 12.1. The topological polar surface area (TPSA) is 84.7 Å². The van der Waals surface area contributed by atoms with E-state index in [1.165, 1.54) is 17.3 Å². The third kappa shape index (κ3) is 3.82. The monoisotopic (exact) mass is 326 g/mol. The number of hydrogen-bond acceptors (Lipinski definition) is 5. The Kier molecular flexibility index (Phi) is 5.24. The molecule has 0 atom stereocenters. The van der Waals surface area contributed by atoms with Gasteiger partial charge in [0.25, 0.3) is 0 Å². The molecule has 0 spiro atoms. The van der Waals surface area contributed by atoms with Gasteiger partial charge in [-0.25, -0.2) is 4.98 Å². The Morgan fingerprint density at radius 1 is 1.43 bits per heavy atom. The van der Waals surface area contributed by atoms with E-state index >= 15 is 0 Å². The number of nitrogens with zero attached hydrogens (tertiary/aromatic N) is 3. The lowest BCUT2D eigenvalue weighted by Crippen LogP contribution is -2.11. The van der Waals surface area contributed by atoms with Gasteiger partial charge in [0.2, 0.25) is 0 Å². The van der Waals surface area contributed by atoms with Crippen LogP contribution in [0.15, 0.2) is 47.0 Å². The van der Waals surface area contributed by atoms with Crippen LogP contribution in [-0.2, 0) is 4.79 Å². The first-order chi connectivity index (χ1) is 10.9. The van der Waals surface area contributed by atoms with E-state index in [0.29, 0.717) is 5.16 Å². The molecule has 2 aromatic rings. The lowest BCUT2D eigenvalue weighted by molar-refractivity contribution is -0.112. The number of benzene rings is 1. The van der Waals surface area contributed by atoms with Crippen LogP contribution in [0.4, 0.5) is 0 Å². The average molecular weight is 326 g/mol. The summed E-state index contributed by atoms with van der Waals surface area (Å²) >= 11 is 1.29. The minimum Gasteiger partial charge on any atom is -0.401 e. The molecule has 0 radical (unpaired) electrons. The number of nitrogens with two attached hydrogens (primary N) is 1. The van der Waals surface area contributed by atoms with Gasteiger partial charge in [0.15, 0.2) is 10.9 Å². The Balaban J connectivity index is 2.21. The van der Waals surface area contributed by atoms with E-state index in [1.54, 1.807) is 13.1 Å². The van der Waals surface area contributed by atoms with Crippen LogP contribution in [0.25, 0.3) is 5.69 Å². The lowest BCUT2D eigenvalue weighted by atomic mass is 10.1. The summed E-state index contributed by atoms with van der Waals surface area (Å²) in [6.45, 7) is 5.64. The zero-order valence-corrected chi connectivity index (χ0v) is 14.1. The maximum Gasteiger partial charge on any atom is 0.185 e. The molecule has 5 nitrogen and oxygen atoms in total. The highest BCUT2D eigenvalue weighted by atomic mass is 32.2. The SMILES string of the molecule is C/C(N)=C(/C#N)C(=O)CSc1nccn1-c1ccc(C)cc1C. The predicted molar refractivity (Wildman–Crippen MR) is 91.3 cm³/mol. The number of thioether (sulfide) groups is 1. The standard InChI is InChI=1S/C17H18N4OS/c1-11-4-5-15(12(2)8-11)21-7-6-20-17(21)23-10-16(22)14(9-18)13(3)19/h4-8H,10,19H2,1-3H3/b14-13+. The summed E-state index contributed by atoms with van der Waals surface area (Å²) in [5.41, 5.74) is 9.17. The summed E-state index contributed by atoms with van der Waals surface area (Å²) in [5, 5.41) is 9.69. The molecule has 1 aromatic heterocycles. The quantitative estimate of drug-likeness (QED) is 0.519. The van der Waals surface area contributed by atoms with Crippen LogP contribution < -0.4 is 5.73 Å². The minimum atomic E-state index is -0.285. The van der Waals surface area contributed by atoms with E-state index in [9.17, 15) is 4.79 Å². The normalized spacial score (nSPS) is 11.7. The first kappa shape index (κ1) is 16.8. The Bertz CT molecular complexity index is 810. The first-order valence-corrected chi connectivity index (χ1v) is 8.06. The molecular formula is C17H18N4OS. The highest BCUT2D eigenvalue weighted by Crippen LogP contribution is 2.24. The Morgan fingerprint density at radius 3 is 2.78 bits per heavy atom. The zero-order chi connectivity index (χ0) is 17.0. The fourth-order valence-corrected chi connectivity index (χ4v) is 3.07. The average Bonchev–Trinajstić information content (AvgIpc) is 2.93. The van der Waals surface area contributed by atoms with E-state index in [2.05, 4.69) is 11.1 Å². The first-order valence-electron chi connectivity index (χ1n) is 7.07. The van der Waals surface area contributed by atoms with Crippen LogP contribution in [0, 0.1) is 25.2 Å². The second-order valence-corrected chi connectivity index (χ2v) is 6.19. The van der Waals surface area contributed by atoms with E-state index in [-0.39, 0.29) is 22.8 Å². The van der Waals surface area contributed by atoms with Crippen molar-refractivity contribution in [3.8, 4) is 11.8 Å². The molecule has 0 amide bonds. The number of aryl methyl sites for hydroxylation is 2. The highest BCUT2D eigenvalue weighted by Gasteiger charge is 2.15. The molecule has 0 bridgehead atoms. The summed E-state index contributed by atoms with van der Waals surface area (Å²) in [5.74, 6) is -0.160. The summed E-state index contributed by atoms with van der Waals surface area (Å²) in [7, 11) is 0. The molecule has 1 aromatic carbocycles. The van der Waals surface area contributed by atoms with Gasteiger partial charge in [-0.3, -0.25) is 9.36 Å². The molecule has 2 rings (SSSR count). The molecule has 23 heavy (non-hydrogen) atoms. The fourth-order valence-electron chi connectivity index (χ4n) is 2.23. The number of Topliss-reactive ketones (excluding diaryl/α,β-unsaturated/α-hetero) is 1. The largest absolute Gasteiger partial charge is 0.401 e. The molecule has 0 fully saturated rings. The van der Waals surface area contributed by atoms with Crippen molar-refractivity contribution in [1.29, 1.82) is 5.26 Å². The Labute approximate surface area is 139 Å². The van der Waals surface area contributed by atoms with Gasteiger partial charge in [-0.1, -0.05) is 29.5 Å². The smallest absolute Gasteiger partial charge is 0.185 e. The van der Waals surface area contributed by atoms with E-state index in [0.717, 1.165) is 11.3 Å². The van der Waals surface area contributed by atoms with Crippen molar-refractivity contribution in [2.45, 2.75) is 25.9 Å². The van der Waals surface area contributed by atoms with E-state index in [4.69, 9.17) is 11.0 Å². The van der Waals surface area contributed by atoms with Crippen molar-refractivity contribution in [3.63, 3.8) is 0 Å². The van der Waals surface area contributed by atoms with Gasteiger partial charge < -0.3 is 5.73 Å². The van der Waals surface area contributed by atoms with Gasteiger partial charge in [0, 0.05) is 18.1 Å². The molecule has 0 saturated carbocycles. The van der Waals surface area contributed by atoms with Crippen molar-refractivity contribution >= 4 is 17.5 Å². The molecule has 0 aliphatic carbocycles. The number of carbonyl (C=O) groups excluding carboxylic acids is 1. The number of rotatable bonds is 5. The molecule has 1 heterocycles. The fraction of sp³-hybridized carbons (Fsp3) is 0.235. The van der Waals surface area contributed by atoms with Gasteiger partial charge in [0.05, 0.1) is 11.4 Å². The van der Waals surface area contributed by atoms with Crippen molar-refractivity contribution < 1.29 is 4.79 Å². The third-order valence-corrected chi connectivity index (χ3v) is 4.30. The number of ketones is 1. The second kappa shape index (κ2) is 7.16. The molecule has 118 valence electrons. The minimum absolute atomic E-state index is 0.0159. The van der Waals surface area contributed by atoms with Gasteiger partial charge >= 0.3 is 0 Å². The predicted octanol–water partition coefficient (Wildman–Crippen LogP) is 2.91. The summed E-state index contributed by atoms with van der Waals surface area (Å²) in [6, 6.07) is 8.03. The van der Waals surface area contributed by atoms with Gasteiger partial charge in [-0.2, -0.15) is 5.26 Å². The van der Waals surface area contributed by atoms with Crippen LogP contribution in [-0.4, -0.2) is 21.1 Å². The zero-order valence-electron chi connectivity index (χ0n) is 13.3. The van der Waals surface area contributed by atoms with Crippen LogP contribution in [0.5, 0.6) is 0 Å². The number of aromatic nitrogens is 2. The van der Waals surface area contributed by atoms with E-state index in [1.807, 2.05) is 42.8 Å². The lowest BCUT2D eigenvalue weighted by Gasteiger charge is -2.11. The Hall–Kier alpha value is -2.52. The molecular weight excluding hydrogens is 308 g/mol. The number of imidazole rings is 1. The number of hydrogen-bond donors (Lipinski definition) is 1. The molecule has 6 heteroatoms. The summed E-state index contributed by atoms with van der Waals surface area (Å²) < 4.78 is 1.94. The maximum atomic E-state index is 12.1. The molecule has 0 aliphatic rings. The third-order valence-electron chi connectivity index (χ3n) is 3.34.